The van der Waals surface area contributed by atoms with Crippen molar-refractivity contribution in [1.29, 1.82) is 0 Å². The third-order valence-corrected chi connectivity index (χ3v) is 4.84. The van der Waals surface area contributed by atoms with Crippen LogP contribution in [0.25, 0.3) is 10.9 Å². The summed E-state index contributed by atoms with van der Waals surface area (Å²) < 4.78 is 2.51. The summed E-state index contributed by atoms with van der Waals surface area (Å²) in [5, 5.41) is 21.4. The van der Waals surface area contributed by atoms with Crippen LogP contribution in [0.3, 0.4) is 0 Å². The number of nitrogens with one attached hydrogen (secondary N) is 1. The van der Waals surface area contributed by atoms with Gasteiger partial charge < -0.3 is 20.1 Å². The Bertz CT molecular complexity index is 854. The van der Waals surface area contributed by atoms with Crippen molar-refractivity contribution in [3.63, 3.8) is 0 Å². The van der Waals surface area contributed by atoms with Gasteiger partial charge >= 0.3 is 11.9 Å². The van der Waals surface area contributed by atoms with Crippen molar-refractivity contribution in [2.45, 2.75) is 25.8 Å². The van der Waals surface area contributed by atoms with Crippen LogP contribution in [-0.2, 0) is 35.4 Å². The average molecular weight is 363 g/mol. The van der Waals surface area contributed by atoms with Gasteiger partial charge in [0.05, 0.1) is 10.5 Å². The van der Waals surface area contributed by atoms with Crippen molar-refractivity contribution >= 4 is 34.4 Å². The van der Waals surface area contributed by atoms with E-state index in [1.807, 2.05) is 0 Å². The Balaban J connectivity index is 0.000000197. The standard InChI is InChI=1S/C14H15ClN2.C4H4O4/c15-11-2-1-9-5-8-17-12-4-7-16-6-3-10(12)13(11)14(9)17;5-3(6)1-2-4(7)8/h1-2,16H,3-8H2;1-2H,(H,5,6)(H,7,8)/b;2-1-. The third kappa shape index (κ3) is 3.55. The van der Waals surface area contributed by atoms with E-state index in [9.17, 15) is 9.59 Å². The van der Waals surface area contributed by atoms with Crippen molar-refractivity contribution in [1.82, 2.24) is 9.88 Å². The number of hydrogen-bond donors (Lipinski definition) is 3. The molecule has 2 aliphatic rings. The van der Waals surface area contributed by atoms with Crippen molar-refractivity contribution in [2.24, 2.45) is 0 Å². The lowest BCUT2D eigenvalue weighted by atomic mass is 10.0. The maximum absolute atomic E-state index is 9.55. The molecule has 0 spiro atoms. The van der Waals surface area contributed by atoms with Gasteiger partial charge in [-0.25, -0.2) is 9.59 Å². The normalized spacial score (nSPS) is 15.6. The largest absolute Gasteiger partial charge is 0.478 e. The molecular weight excluding hydrogens is 344 g/mol. The van der Waals surface area contributed by atoms with E-state index in [-0.39, 0.29) is 0 Å². The van der Waals surface area contributed by atoms with Crippen LogP contribution in [0, 0.1) is 0 Å². The summed E-state index contributed by atoms with van der Waals surface area (Å²) in [6.45, 7) is 3.31. The lowest BCUT2D eigenvalue weighted by molar-refractivity contribution is -0.134. The van der Waals surface area contributed by atoms with Crippen molar-refractivity contribution in [2.75, 3.05) is 13.1 Å². The second-order valence-corrected chi connectivity index (χ2v) is 6.42. The van der Waals surface area contributed by atoms with Crippen LogP contribution < -0.4 is 5.32 Å². The molecule has 3 N–H and O–H groups in total. The highest BCUT2D eigenvalue weighted by atomic mass is 35.5. The number of fused-ring (bicyclic) bond motifs is 3. The maximum Gasteiger partial charge on any atom is 0.328 e. The summed E-state index contributed by atoms with van der Waals surface area (Å²) in [5.41, 5.74) is 5.92. The monoisotopic (exact) mass is 362 g/mol. The number of halogens is 1. The molecule has 2 aromatic rings. The third-order valence-electron chi connectivity index (χ3n) is 4.52. The minimum Gasteiger partial charge on any atom is -0.478 e. The molecule has 0 saturated heterocycles. The number of aryl methyl sites for hydroxylation is 2. The van der Waals surface area contributed by atoms with Crippen LogP contribution in [0.1, 0.15) is 16.8 Å². The number of carbonyl (C=O) groups is 2. The van der Waals surface area contributed by atoms with Gasteiger partial charge in [-0.3, -0.25) is 0 Å². The second kappa shape index (κ2) is 7.29. The molecule has 0 atom stereocenters. The number of nitrogens with zero attached hydrogens (tertiary/aromatic N) is 1. The number of hydrogen-bond acceptors (Lipinski definition) is 3. The van der Waals surface area contributed by atoms with Gasteiger partial charge in [0, 0.05) is 42.7 Å². The van der Waals surface area contributed by atoms with Gasteiger partial charge in [0.15, 0.2) is 0 Å². The summed E-state index contributed by atoms with van der Waals surface area (Å²) in [7, 11) is 0. The molecule has 0 saturated carbocycles. The Labute approximate surface area is 149 Å². The smallest absolute Gasteiger partial charge is 0.328 e. The first kappa shape index (κ1) is 17.5. The minimum atomic E-state index is -1.26. The summed E-state index contributed by atoms with van der Waals surface area (Å²) in [6.07, 6.45) is 4.54. The van der Waals surface area contributed by atoms with E-state index < -0.39 is 11.9 Å². The molecule has 2 aliphatic heterocycles. The first-order valence-corrected chi connectivity index (χ1v) is 8.52. The highest BCUT2D eigenvalue weighted by molar-refractivity contribution is 6.36. The van der Waals surface area contributed by atoms with Crippen LogP contribution in [0.5, 0.6) is 0 Å². The Morgan fingerprint density at radius 1 is 1.08 bits per heavy atom. The summed E-state index contributed by atoms with van der Waals surface area (Å²) in [4.78, 5) is 19.1. The maximum atomic E-state index is 9.55. The number of benzene rings is 1. The number of rotatable bonds is 2. The molecule has 1 aromatic carbocycles. The summed E-state index contributed by atoms with van der Waals surface area (Å²) in [5.74, 6) is -2.51. The quantitative estimate of drug-likeness (QED) is 0.713. The van der Waals surface area contributed by atoms with E-state index in [4.69, 9.17) is 21.8 Å². The predicted molar refractivity (Wildman–Crippen MR) is 95.3 cm³/mol. The van der Waals surface area contributed by atoms with Gasteiger partial charge in [-0.05, 0) is 36.6 Å². The number of carboxylic acid groups (broad SMARTS) is 2. The molecule has 3 heterocycles. The Kier molecular flexibility index (Phi) is 5.11. The van der Waals surface area contributed by atoms with Crippen LogP contribution in [0.15, 0.2) is 24.3 Å². The van der Waals surface area contributed by atoms with E-state index in [0.717, 1.165) is 37.5 Å². The fourth-order valence-electron chi connectivity index (χ4n) is 3.57. The molecule has 25 heavy (non-hydrogen) atoms. The minimum absolute atomic E-state index is 0.558. The van der Waals surface area contributed by atoms with Gasteiger partial charge in [-0.15, -0.1) is 0 Å². The molecule has 4 rings (SSSR count). The van der Waals surface area contributed by atoms with Crippen LogP contribution in [0.4, 0.5) is 0 Å². The van der Waals surface area contributed by atoms with Crippen LogP contribution >= 0.6 is 11.6 Å². The van der Waals surface area contributed by atoms with E-state index >= 15 is 0 Å². The Hall–Kier alpha value is -2.31. The molecule has 0 fully saturated rings. The second-order valence-electron chi connectivity index (χ2n) is 6.02. The van der Waals surface area contributed by atoms with E-state index in [1.165, 1.54) is 34.1 Å². The first-order chi connectivity index (χ1) is 12.0. The predicted octanol–water partition coefficient (Wildman–Crippen LogP) is 2.25. The van der Waals surface area contributed by atoms with Gasteiger partial charge in [0.1, 0.15) is 0 Å². The van der Waals surface area contributed by atoms with Gasteiger partial charge in [-0.2, -0.15) is 0 Å². The number of carboxylic acids is 2. The zero-order valence-electron chi connectivity index (χ0n) is 13.6. The molecule has 0 radical (unpaired) electrons. The summed E-state index contributed by atoms with van der Waals surface area (Å²) in [6, 6.07) is 4.28. The van der Waals surface area contributed by atoms with Crippen LogP contribution in [0.2, 0.25) is 5.02 Å². The highest BCUT2D eigenvalue weighted by Gasteiger charge is 2.25. The molecule has 6 nitrogen and oxygen atoms in total. The number of aromatic nitrogens is 1. The van der Waals surface area contributed by atoms with Gasteiger partial charge in [0.25, 0.3) is 0 Å². The lowest BCUT2D eigenvalue weighted by Gasteiger charge is -2.05. The van der Waals surface area contributed by atoms with E-state index in [1.54, 1.807) is 0 Å². The van der Waals surface area contributed by atoms with Gasteiger partial charge in [-0.1, -0.05) is 17.7 Å². The zero-order valence-corrected chi connectivity index (χ0v) is 14.3. The zero-order chi connectivity index (χ0) is 18.0. The molecule has 132 valence electrons. The summed E-state index contributed by atoms with van der Waals surface area (Å²) >= 11 is 6.43. The van der Waals surface area contributed by atoms with Crippen molar-refractivity contribution in [3.05, 3.63) is 46.1 Å². The van der Waals surface area contributed by atoms with Crippen LogP contribution in [-0.4, -0.2) is 39.8 Å². The lowest BCUT2D eigenvalue weighted by Crippen LogP contribution is -2.17. The molecule has 0 aliphatic carbocycles. The average Bonchev–Trinajstić information content (AvgIpc) is 3.02. The van der Waals surface area contributed by atoms with E-state index in [0.29, 0.717) is 12.2 Å². The number of aliphatic carboxylic acids is 2. The molecule has 7 heteroatoms. The molecule has 0 bridgehead atoms. The molecule has 0 unspecified atom stereocenters. The SMILES string of the molecule is Clc1ccc2c3c1c1c(n3CC2)CCNCC1.O=C(O)/C=C\C(=O)O. The first-order valence-electron chi connectivity index (χ1n) is 8.15. The Morgan fingerprint density at radius 3 is 2.44 bits per heavy atom. The fourth-order valence-corrected chi connectivity index (χ4v) is 3.84. The Morgan fingerprint density at radius 2 is 1.76 bits per heavy atom. The van der Waals surface area contributed by atoms with E-state index in [2.05, 4.69) is 22.0 Å². The van der Waals surface area contributed by atoms with Crippen molar-refractivity contribution in [3.8, 4) is 0 Å². The van der Waals surface area contributed by atoms with Gasteiger partial charge in [0.2, 0.25) is 0 Å². The molecular formula is C18H19ClN2O4. The fraction of sp³-hybridized carbons (Fsp3) is 0.333. The molecule has 1 aromatic heterocycles. The molecule has 0 amide bonds. The highest BCUT2D eigenvalue weighted by Crippen LogP contribution is 2.38. The topological polar surface area (TPSA) is 91.6 Å². The van der Waals surface area contributed by atoms with Crippen molar-refractivity contribution < 1.29 is 19.8 Å².